The Kier molecular flexibility index (Phi) is 16.2. The summed E-state index contributed by atoms with van der Waals surface area (Å²) in [5, 5.41) is 10.2. The summed E-state index contributed by atoms with van der Waals surface area (Å²) in [7, 11) is 1.40. The smallest absolute Gasteiger partial charge is 0.475 e. The van der Waals surface area contributed by atoms with Crippen molar-refractivity contribution in [3.8, 4) is 11.1 Å². The van der Waals surface area contributed by atoms with Gasteiger partial charge in [0.1, 0.15) is 0 Å². The maximum absolute atomic E-state index is 13.3. The summed E-state index contributed by atoms with van der Waals surface area (Å²) in [6.07, 6.45) is 3.59. The van der Waals surface area contributed by atoms with Crippen LogP contribution in [0.2, 0.25) is 0 Å². The van der Waals surface area contributed by atoms with Crippen LogP contribution in [-0.4, -0.2) is 84.7 Å². The molecule has 0 atom stereocenters. The molecule has 50 heavy (non-hydrogen) atoms. The molecule has 0 unspecified atom stereocenters. The van der Waals surface area contributed by atoms with Gasteiger partial charge in [0.25, 0.3) is 5.91 Å². The SMILES string of the molecule is COC(=O)CCCCCN(Cc1cccc(-c2cccc(C(=O)NCCN3CCCC3)c2)c1)C(=O)/C=C/c1ccccc1.O=C(O)C(F)(F)F. The van der Waals surface area contributed by atoms with Crippen LogP contribution in [0.3, 0.4) is 0 Å². The fraction of sp³-hybridized carbons (Fsp3) is 0.368. The molecular weight excluding hydrogens is 651 g/mol. The van der Waals surface area contributed by atoms with E-state index < -0.39 is 12.1 Å². The number of amides is 2. The van der Waals surface area contributed by atoms with Crippen LogP contribution in [-0.2, 0) is 25.7 Å². The Morgan fingerprint density at radius 1 is 0.900 bits per heavy atom. The topological polar surface area (TPSA) is 116 Å². The van der Waals surface area contributed by atoms with E-state index in [0.29, 0.717) is 31.6 Å². The van der Waals surface area contributed by atoms with E-state index >= 15 is 0 Å². The largest absolute Gasteiger partial charge is 0.490 e. The van der Waals surface area contributed by atoms with E-state index in [9.17, 15) is 27.6 Å². The minimum Gasteiger partial charge on any atom is -0.475 e. The number of carbonyl (C=O) groups is 4. The highest BCUT2D eigenvalue weighted by Crippen LogP contribution is 2.23. The monoisotopic (exact) mass is 695 g/mol. The minimum atomic E-state index is -5.08. The third kappa shape index (κ3) is 14.3. The number of likely N-dealkylation sites (tertiary alicyclic amines) is 1. The van der Waals surface area contributed by atoms with Crippen molar-refractivity contribution in [2.45, 2.75) is 51.2 Å². The van der Waals surface area contributed by atoms with Crippen molar-refractivity contribution in [2.24, 2.45) is 0 Å². The molecule has 0 radical (unpaired) electrons. The zero-order chi connectivity index (χ0) is 36.4. The second-order valence-electron chi connectivity index (χ2n) is 11.8. The molecule has 0 saturated carbocycles. The second-order valence-corrected chi connectivity index (χ2v) is 11.8. The predicted octanol–water partition coefficient (Wildman–Crippen LogP) is 6.59. The normalized spacial score (nSPS) is 13.0. The number of carboxylic acid groups (broad SMARTS) is 1. The molecule has 2 N–H and O–H groups in total. The van der Waals surface area contributed by atoms with Gasteiger partial charge >= 0.3 is 18.1 Å². The molecule has 1 saturated heterocycles. The number of ether oxygens (including phenoxy) is 1. The summed E-state index contributed by atoms with van der Waals surface area (Å²) < 4.78 is 36.5. The van der Waals surface area contributed by atoms with Gasteiger partial charge in [0, 0.05) is 44.2 Å². The van der Waals surface area contributed by atoms with E-state index in [0.717, 1.165) is 61.2 Å². The summed E-state index contributed by atoms with van der Waals surface area (Å²) in [6, 6.07) is 25.6. The van der Waals surface area contributed by atoms with E-state index in [4.69, 9.17) is 14.6 Å². The maximum atomic E-state index is 13.3. The first-order valence-electron chi connectivity index (χ1n) is 16.5. The third-order valence-corrected chi connectivity index (χ3v) is 7.98. The molecule has 0 spiro atoms. The Hall–Kier alpha value is -4.97. The number of nitrogens with zero attached hydrogens (tertiary/aromatic N) is 2. The molecule has 0 aliphatic carbocycles. The van der Waals surface area contributed by atoms with Crippen LogP contribution in [0.25, 0.3) is 17.2 Å². The number of aliphatic carboxylic acids is 1. The molecule has 12 heteroatoms. The highest BCUT2D eigenvalue weighted by molar-refractivity contribution is 5.95. The van der Waals surface area contributed by atoms with E-state index in [1.54, 1.807) is 6.08 Å². The summed E-state index contributed by atoms with van der Waals surface area (Å²) in [5.74, 6) is -3.09. The van der Waals surface area contributed by atoms with Gasteiger partial charge < -0.3 is 25.0 Å². The average molecular weight is 696 g/mol. The first kappa shape index (κ1) is 39.5. The molecule has 1 aliphatic rings. The lowest BCUT2D eigenvalue weighted by molar-refractivity contribution is -0.192. The first-order valence-corrected chi connectivity index (χ1v) is 16.5. The summed E-state index contributed by atoms with van der Waals surface area (Å²) in [5.41, 5.74) is 4.57. The Morgan fingerprint density at radius 3 is 2.22 bits per heavy atom. The number of hydrogen-bond donors (Lipinski definition) is 2. The summed E-state index contributed by atoms with van der Waals surface area (Å²) in [6.45, 7) is 4.79. The summed E-state index contributed by atoms with van der Waals surface area (Å²) in [4.78, 5) is 50.7. The lowest BCUT2D eigenvalue weighted by Crippen LogP contribution is -2.33. The fourth-order valence-corrected chi connectivity index (χ4v) is 5.30. The highest BCUT2D eigenvalue weighted by atomic mass is 19.4. The fourth-order valence-electron chi connectivity index (χ4n) is 5.30. The quantitative estimate of drug-likeness (QED) is 0.105. The van der Waals surface area contributed by atoms with Gasteiger partial charge in [0.2, 0.25) is 5.91 Å². The van der Waals surface area contributed by atoms with Gasteiger partial charge in [-0.2, -0.15) is 13.2 Å². The van der Waals surface area contributed by atoms with Crippen molar-refractivity contribution in [1.82, 2.24) is 15.1 Å². The summed E-state index contributed by atoms with van der Waals surface area (Å²) >= 11 is 0. The molecular formula is C38H44F3N3O6. The van der Waals surface area contributed by atoms with Gasteiger partial charge in [-0.1, -0.05) is 67.1 Å². The van der Waals surface area contributed by atoms with Crippen molar-refractivity contribution >= 4 is 29.8 Å². The van der Waals surface area contributed by atoms with E-state index in [-0.39, 0.29) is 17.8 Å². The molecule has 1 aliphatic heterocycles. The van der Waals surface area contributed by atoms with Crippen LogP contribution in [0.5, 0.6) is 0 Å². The number of nitrogens with one attached hydrogen (secondary N) is 1. The number of methoxy groups -OCH3 is 1. The molecule has 268 valence electrons. The van der Waals surface area contributed by atoms with Crippen molar-refractivity contribution in [3.05, 3.63) is 102 Å². The standard InChI is InChI=1S/C36H43N3O4.C2HF3O2/c1-43-35(41)18-6-3-7-24-39(34(40)20-19-29-12-4-2-5-13-29)28-30-14-10-15-31(26-30)32-16-11-17-33(27-32)36(42)37-21-25-38-22-8-9-23-38;3-2(4,5)1(6)7/h2,4-5,10-17,19-20,26-27H,3,6-9,18,21-25,28H2,1H3,(H,37,42);(H,6,7)/b20-19+;. The number of esters is 1. The second kappa shape index (κ2) is 20.5. The van der Waals surface area contributed by atoms with Crippen molar-refractivity contribution in [2.75, 3.05) is 39.8 Å². The zero-order valence-electron chi connectivity index (χ0n) is 28.2. The number of unbranched alkanes of at least 4 members (excludes halogenated alkanes) is 2. The van der Waals surface area contributed by atoms with E-state index in [1.807, 2.05) is 83.8 Å². The van der Waals surface area contributed by atoms with Crippen LogP contribution < -0.4 is 5.32 Å². The Balaban J connectivity index is 0.000000872. The van der Waals surface area contributed by atoms with E-state index in [1.165, 1.54) is 20.0 Å². The van der Waals surface area contributed by atoms with Crippen molar-refractivity contribution in [1.29, 1.82) is 0 Å². The Labute approximate surface area is 290 Å². The number of halogens is 3. The van der Waals surface area contributed by atoms with Crippen molar-refractivity contribution in [3.63, 3.8) is 0 Å². The number of alkyl halides is 3. The first-order chi connectivity index (χ1) is 24.0. The van der Waals surface area contributed by atoms with Gasteiger partial charge in [-0.15, -0.1) is 0 Å². The Morgan fingerprint density at radius 2 is 1.56 bits per heavy atom. The number of carboxylic acids is 1. The van der Waals surface area contributed by atoms with Gasteiger partial charge in [-0.3, -0.25) is 14.4 Å². The predicted molar refractivity (Wildman–Crippen MR) is 185 cm³/mol. The van der Waals surface area contributed by atoms with E-state index in [2.05, 4.69) is 16.3 Å². The molecule has 0 bridgehead atoms. The molecule has 1 fully saturated rings. The third-order valence-electron chi connectivity index (χ3n) is 7.98. The van der Waals surface area contributed by atoms with Crippen molar-refractivity contribution < 1.29 is 42.2 Å². The lowest BCUT2D eigenvalue weighted by Gasteiger charge is -2.22. The zero-order valence-corrected chi connectivity index (χ0v) is 28.2. The Bertz CT molecular complexity index is 1570. The molecule has 9 nitrogen and oxygen atoms in total. The average Bonchev–Trinajstić information content (AvgIpc) is 3.64. The molecule has 0 aromatic heterocycles. The molecule has 2 amide bonds. The van der Waals surface area contributed by atoms with Gasteiger partial charge in [-0.25, -0.2) is 4.79 Å². The van der Waals surface area contributed by atoms with Gasteiger partial charge in [0.05, 0.1) is 7.11 Å². The van der Waals surface area contributed by atoms with Crippen LogP contribution >= 0.6 is 0 Å². The van der Waals surface area contributed by atoms with Gasteiger partial charge in [-0.05, 0) is 85.3 Å². The lowest BCUT2D eigenvalue weighted by atomic mass is 10.0. The highest BCUT2D eigenvalue weighted by Gasteiger charge is 2.38. The molecule has 3 aromatic carbocycles. The molecule has 4 rings (SSSR count). The number of hydrogen-bond acceptors (Lipinski definition) is 6. The molecule has 1 heterocycles. The van der Waals surface area contributed by atoms with Crippen LogP contribution in [0.1, 0.15) is 60.0 Å². The maximum Gasteiger partial charge on any atom is 0.490 e. The number of benzene rings is 3. The van der Waals surface area contributed by atoms with Crippen LogP contribution in [0, 0.1) is 0 Å². The minimum absolute atomic E-state index is 0.0603. The molecule has 3 aromatic rings. The van der Waals surface area contributed by atoms with Gasteiger partial charge in [0.15, 0.2) is 0 Å². The van der Waals surface area contributed by atoms with Crippen LogP contribution in [0.15, 0.2) is 84.9 Å². The number of carbonyl (C=O) groups excluding carboxylic acids is 3. The number of rotatable bonds is 15. The van der Waals surface area contributed by atoms with Crippen LogP contribution in [0.4, 0.5) is 13.2 Å².